The molecule has 0 aromatic carbocycles. The lowest BCUT2D eigenvalue weighted by Crippen LogP contribution is -2.37. The summed E-state index contributed by atoms with van der Waals surface area (Å²) in [4.78, 5) is 23.8. The molecule has 1 saturated heterocycles. The summed E-state index contributed by atoms with van der Waals surface area (Å²) in [6.07, 6.45) is 1.85. The fourth-order valence-electron chi connectivity index (χ4n) is 1.95. The van der Waals surface area contributed by atoms with Gasteiger partial charge in [0.2, 0.25) is 10.9 Å². The number of hydrogen-bond donors (Lipinski definition) is 1. The molecule has 0 bridgehead atoms. The van der Waals surface area contributed by atoms with Crippen molar-refractivity contribution in [2.75, 3.05) is 13.1 Å². The predicted molar refractivity (Wildman–Crippen MR) is 61.1 cm³/mol. The van der Waals surface area contributed by atoms with Crippen molar-refractivity contribution in [3.63, 3.8) is 0 Å². The fraction of sp³-hybridized carbons (Fsp3) is 0.600. The van der Waals surface area contributed by atoms with Gasteiger partial charge in [-0.3, -0.25) is 4.79 Å². The Labute approximate surface area is 102 Å². The lowest BCUT2D eigenvalue weighted by atomic mass is 9.99. The van der Waals surface area contributed by atoms with Crippen molar-refractivity contribution in [1.29, 1.82) is 0 Å². The van der Waals surface area contributed by atoms with E-state index in [1.54, 1.807) is 11.8 Å². The van der Waals surface area contributed by atoms with Crippen molar-refractivity contribution < 1.29 is 14.7 Å². The smallest absolute Gasteiger partial charge is 0.367 e. The molecule has 0 spiro atoms. The first-order valence-corrected chi connectivity index (χ1v) is 6.22. The minimum absolute atomic E-state index is 0.0138. The van der Waals surface area contributed by atoms with E-state index in [4.69, 9.17) is 5.11 Å². The predicted octanol–water partition coefficient (Wildman–Crippen LogP) is 0.962. The third-order valence-corrected chi connectivity index (χ3v) is 3.91. The van der Waals surface area contributed by atoms with Crippen LogP contribution >= 0.6 is 11.3 Å². The van der Waals surface area contributed by atoms with E-state index >= 15 is 0 Å². The lowest BCUT2D eigenvalue weighted by Gasteiger charge is -2.30. The van der Waals surface area contributed by atoms with Gasteiger partial charge in [-0.05, 0) is 12.8 Å². The molecule has 1 aliphatic heterocycles. The molecule has 2 rings (SSSR count). The van der Waals surface area contributed by atoms with Crippen molar-refractivity contribution >= 4 is 23.2 Å². The number of rotatable bonds is 2. The molecule has 2 heterocycles. The summed E-state index contributed by atoms with van der Waals surface area (Å²) in [5.74, 6) is -0.871. The Kier molecular flexibility index (Phi) is 3.37. The highest BCUT2D eigenvalue weighted by molar-refractivity contribution is 7.13. The van der Waals surface area contributed by atoms with Gasteiger partial charge in [-0.15, -0.1) is 10.2 Å². The van der Waals surface area contributed by atoms with Crippen molar-refractivity contribution in [3.05, 3.63) is 10.0 Å². The van der Waals surface area contributed by atoms with E-state index < -0.39 is 5.97 Å². The maximum absolute atomic E-state index is 11.3. The van der Waals surface area contributed by atoms with Gasteiger partial charge >= 0.3 is 5.97 Å². The van der Waals surface area contributed by atoms with E-state index in [2.05, 4.69) is 10.2 Å². The number of carboxylic acid groups (broad SMARTS) is 1. The molecule has 1 N–H and O–H groups in total. The third-order valence-electron chi connectivity index (χ3n) is 2.84. The summed E-state index contributed by atoms with van der Waals surface area (Å²) < 4.78 is 0. The standard InChI is InChI=1S/C10H13N3O3S/c1-6(14)13-4-2-3-7(5-13)8-11-12-9(17-8)10(15)16/h7H,2-5H2,1H3,(H,15,16). The Balaban J connectivity index is 2.10. The zero-order valence-corrected chi connectivity index (χ0v) is 10.2. The van der Waals surface area contributed by atoms with Crippen molar-refractivity contribution in [2.45, 2.75) is 25.7 Å². The molecule has 1 fully saturated rings. The Morgan fingerprint density at radius 1 is 1.47 bits per heavy atom. The van der Waals surface area contributed by atoms with E-state index in [9.17, 15) is 9.59 Å². The lowest BCUT2D eigenvalue weighted by molar-refractivity contribution is -0.130. The zero-order chi connectivity index (χ0) is 12.4. The average molecular weight is 255 g/mol. The van der Waals surface area contributed by atoms with Crippen LogP contribution in [-0.4, -0.2) is 45.2 Å². The van der Waals surface area contributed by atoms with Gasteiger partial charge in [0.25, 0.3) is 0 Å². The van der Waals surface area contributed by atoms with Gasteiger partial charge in [0, 0.05) is 25.9 Å². The first-order chi connectivity index (χ1) is 8.08. The van der Waals surface area contributed by atoms with Crippen LogP contribution in [0.25, 0.3) is 0 Å². The quantitative estimate of drug-likeness (QED) is 0.851. The van der Waals surface area contributed by atoms with Gasteiger partial charge in [-0.25, -0.2) is 4.79 Å². The first kappa shape index (κ1) is 12.0. The minimum atomic E-state index is -1.05. The van der Waals surface area contributed by atoms with E-state index in [0.29, 0.717) is 11.6 Å². The highest BCUT2D eigenvalue weighted by Gasteiger charge is 2.26. The number of carbonyl (C=O) groups excluding carboxylic acids is 1. The van der Waals surface area contributed by atoms with E-state index in [1.807, 2.05) is 0 Å². The Hall–Kier alpha value is -1.50. The molecule has 6 nitrogen and oxygen atoms in total. The number of hydrogen-bond acceptors (Lipinski definition) is 5. The van der Waals surface area contributed by atoms with Crippen LogP contribution in [0.2, 0.25) is 0 Å². The van der Waals surface area contributed by atoms with Crippen molar-refractivity contribution in [2.24, 2.45) is 0 Å². The monoisotopic (exact) mass is 255 g/mol. The molecule has 0 radical (unpaired) electrons. The minimum Gasteiger partial charge on any atom is -0.476 e. The van der Waals surface area contributed by atoms with Gasteiger partial charge < -0.3 is 10.0 Å². The topological polar surface area (TPSA) is 83.4 Å². The molecule has 1 aromatic heterocycles. The third kappa shape index (κ3) is 2.60. The van der Waals surface area contributed by atoms with E-state index in [1.165, 1.54) is 0 Å². The Morgan fingerprint density at radius 2 is 2.24 bits per heavy atom. The van der Waals surface area contributed by atoms with Crippen LogP contribution in [0.3, 0.4) is 0 Å². The van der Waals surface area contributed by atoms with Gasteiger partial charge in [0.05, 0.1) is 0 Å². The van der Waals surface area contributed by atoms with Crippen LogP contribution < -0.4 is 0 Å². The molecule has 0 saturated carbocycles. The maximum Gasteiger partial charge on any atom is 0.367 e. The summed E-state index contributed by atoms with van der Waals surface area (Å²) in [6.45, 7) is 2.94. The van der Waals surface area contributed by atoms with Crippen LogP contribution in [0.15, 0.2) is 0 Å². The number of amides is 1. The van der Waals surface area contributed by atoms with Gasteiger partial charge in [-0.2, -0.15) is 0 Å². The summed E-state index contributed by atoms with van der Waals surface area (Å²) in [5, 5.41) is 17.0. The zero-order valence-electron chi connectivity index (χ0n) is 9.42. The van der Waals surface area contributed by atoms with Crippen LogP contribution in [0, 0.1) is 0 Å². The molecule has 1 aliphatic rings. The number of likely N-dealkylation sites (tertiary alicyclic amines) is 1. The number of carboxylic acids is 1. The van der Waals surface area contributed by atoms with E-state index in [0.717, 1.165) is 30.7 Å². The van der Waals surface area contributed by atoms with Crippen molar-refractivity contribution in [3.8, 4) is 0 Å². The molecule has 1 unspecified atom stereocenters. The molecular formula is C10H13N3O3S. The van der Waals surface area contributed by atoms with Gasteiger partial charge in [-0.1, -0.05) is 11.3 Å². The average Bonchev–Trinajstić information content (AvgIpc) is 2.78. The summed E-state index contributed by atoms with van der Waals surface area (Å²) >= 11 is 1.10. The largest absolute Gasteiger partial charge is 0.476 e. The molecule has 1 amide bonds. The normalized spacial score (nSPS) is 20.3. The molecule has 17 heavy (non-hydrogen) atoms. The van der Waals surface area contributed by atoms with Gasteiger partial charge in [0.15, 0.2) is 0 Å². The Bertz CT molecular complexity index is 446. The highest BCUT2D eigenvalue weighted by Crippen LogP contribution is 2.29. The fourth-order valence-corrected chi connectivity index (χ4v) is 2.76. The molecule has 7 heteroatoms. The number of aromatic nitrogens is 2. The van der Waals surface area contributed by atoms with Crippen molar-refractivity contribution in [1.82, 2.24) is 15.1 Å². The molecule has 1 aromatic rings. The number of carbonyl (C=O) groups is 2. The summed E-state index contributed by atoms with van der Waals surface area (Å²) in [6, 6.07) is 0. The second kappa shape index (κ2) is 4.79. The highest BCUT2D eigenvalue weighted by atomic mass is 32.1. The van der Waals surface area contributed by atoms with Crippen LogP contribution in [0.4, 0.5) is 0 Å². The first-order valence-electron chi connectivity index (χ1n) is 5.40. The second-order valence-corrected chi connectivity index (χ2v) is 5.06. The number of piperidine rings is 1. The molecule has 92 valence electrons. The van der Waals surface area contributed by atoms with Gasteiger partial charge in [0.1, 0.15) is 5.01 Å². The SMILES string of the molecule is CC(=O)N1CCCC(c2nnc(C(=O)O)s2)C1. The van der Waals surface area contributed by atoms with E-state index in [-0.39, 0.29) is 16.8 Å². The molecule has 1 atom stereocenters. The van der Waals surface area contributed by atoms with Crippen LogP contribution in [-0.2, 0) is 4.79 Å². The summed E-state index contributed by atoms with van der Waals surface area (Å²) in [5.41, 5.74) is 0. The van der Waals surface area contributed by atoms with Crippen LogP contribution in [0.1, 0.15) is 40.5 Å². The van der Waals surface area contributed by atoms with Crippen LogP contribution in [0.5, 0.6) is 0 Å². The second-order valence-electron chi connectivity index (χ2n) is 4.05. The maximum atomic E-state index is 11.3. The number of nitrogens with zero attached hydrogens (tertiary/aromatic N) is 3. The Morgan fingerprint density at radius 3 is 2.82 bits per heavy atom. The molecule has 0 aliphatic carbocycles. The summed E-state index contributed by atoms with van der Waals surface area (Å²) in [7, 11) is 0. The number of aromatic carboxylic acids is 1. The molecular weight excluding hydrogens is 242 g/mol.